The fourth-order valence-corrected chi connectivity index (χ4v) is 6.49. The summed E-state index contributed by atoms with van der Waals surface area (Å²) in [6.45, 7) is 5.57. The van der Waals surface area contributed by atoms with Gasteiger partial charge in [0.05, 0.1) is 6.10 Å². The van der Waals surface area contributed by atoms with Crippen molar-refractivity contribution in [1.82, 2.24) is 0 Å². The zero-order valence-corrected chi connectivity index (χ0v) is 17.2. The molecule has 0 aromatic heterocycles. The van der Waals surface area contributed by atoms with Crippen molar-refractivity contribution >= 4 is 0 Å². The van der Waals surface area contributed by atoms with Crippen molar-refractivity contribution in [3.63, 3.8) is 0 Å². The molecule has 0 unspecified atom stereocenters. The molecule has 2 atom stereocenters. The topological polar surface area (TPSA) is 9.23 Å². The first kappa shape index (κ1) is 19.7. The molecule has 0 radical (unpaired) electrons. The second-order valence-electron chi connectivity index (χ2n) is 9.66. The lowest BCUT2D eigenvalue weighted by Crippen LogP contribution is -2.32. The summed E-state index contributed by atoms with van der Waals surface area (Å²) in [4.78, 5) is 0. The molecule has 0 amide bonds. The lowest BCUT2D eigenvalue weighted by atomic mass is 9.65. The molecule has 0 bridgehead atoms. The van der Waals surface area contributed by atoms with E-state index in [1.54, 1.807) is 25.7 Å². The van der Waals surface area contributed by atoms with Crippen LogP contribution < -0.4 is 0 Å². The molecule has 3 aliphatic carbocycles. The average molecular weight is 349 g/mol. The van der Waals surface area contributed by atoms with E-state index in [4.69, 9.17) is 4.74 Å². The molecule has 146 valence electrons. The van der Waals surface area contributed by atoms with Gasteiger partial charge in [-0.1, -0.05) is 46.0 Å². The Hall–Kier alpha value is -0.0400. The minimum atomic E-state index is 0.588. The summed E-state index contributed by atoms with van der Waals surface area (Å²) in [5.41, 5.74) is 0. The van der Waals surface area contributed by atoms with Crippen LogP contribution in [0.2, 0.25) is 0 Å². The molecule has 1 nitrogen and oxygen atoms in total. The lowest BCUT2D eigenvalue weighted by Gasteiger charge is -2.41. The number of rotatable bonds is 7. The molecule has 0 aromatic carbocycles. The quantitative estimate of drug-likeness (QED) is 0.466. The Morgan fingerprint density at radius 2 is 1.24 bits per heavy atom. The van der Waals surface area contributed by atoms with Crippen LogP contribution in [0.1, 0.15) is 110 Å². The van der Waals surface area contributed by atoms with E-state index in [1.165, 1.54) is 70.6 Å². The fraction of sp³-hybridized carbons (Fsp3) is 1.00. The smallest absolute Gasteiger partial charge is 0.0577 e. The summed E-state index contributed by atoms with van der Waals surface area (Å²) in [7, 11) is 0. The highest BCUT2D eigenvalue weighted by Crippen LogP contribution is 2.45. The van der Waals surface area contributed by atoms with Crippen LogP contribution in [0.3, 0.4) is 0 Å². The summed E-state index contributed by atoms with van der Waals surface area (Å²) in [5.74, 6) is 5.24. The third-order valence-electron chi connectivity index (χ3n) is 7.96. The van der Waals surface area contributed by atoms with Crippen molar-refractivity contribution < 1.29 is 4.74 Å². The Kier molecular flexibility index (Phi) is 8.15. The second-order valence-corrected chi connectivity index (χ2v) is 9.66. The maximum absolute atomic E-state index is 6.10. The first-order valence-electron chi connectivity index (χ1n) is 11.9. The number of hydrogen-bond donors (Lipinski definition) is 0. The van der Waals surface area contributed by atoms with Crippen LogP contribution in [0.25, 0.3) is 0 Å². The largest absolute Gasteiger partial charge is 0.378 e. The SMILES string of the molecule is CCCO[C@@H]1CCC[C@H](C2CCC([C@H]3CC[C@H](CCC)CC3)CC2)C1. The normalized spacial score (nSPS) is 40.1. The van der Waals surface area contributed by atoms with E-state index in [9.17, 15) is 0 Å². The minimum absolute atomic E-state index is 0.588. The highest BCUT2D eigenvalue weighted by molar-refractivity contribution is 4.86. The first-order valence-corrected chi connectivity index (χ1v) is 11.9. The summed E-state index contributed by atoms with van der Waals surface area (Å²) in [6, 6.07) is 0. The zero-order chi connectivity index (χ0) is 17.5. The Morgan fingerprint density at radius 3 is 1.84 bits per heavy atom. The molecular formula is C24H44O. The van der Waals surface area contributed by atoms with Crippen molar-refractivity contribution in [2.75, 3.05) is 6.61 Å². The molecule has 0 heterocycles. The molecule has 0 aromatic rings. The van der Waals surface area contributed by atoms with Crippen LogP contribution in [0.5, 0.6) is 0 Å². The Labute approximate surface area is 157 Å². The third-order valence-corrected chi connectivity index (χ3v) is 7.96. The van der Waals surface area contributed by atoms with Crippen LogP contribution in [0.15, 0.2) is 0 Å². The van der Waals surface area contributed by atoms with E-state index in [1.807, 2.05) is 0 Å². The minimum Gasteiger partial charge on any atom is -0.378 e. The van der Waals surface area contributed by atoms with Crippen LogP contribution in [0, 0.1) is 29.6 Å². The summed E-state index contributed by atoms with van der Waals surface area (Å²) < 4.78 is 6.10. The molecule has 3 saturated carbocycles. The Bertz CT molecular complexity index is 349. The van der Waals surface area contributed by atoms with Crippen molar-refractivity contribution in [2.24, 2.45) is 29.6 Å². The molecule has 0 saturated heterocycles. The van der Waals surface area contributed by atoms with Crippen LogP contribution in [-0.4, -0.2) is 12.7 Å². The van der Waals surface area contributed by atoms with Crippen molar-refractivity contribution in [1.29, 1.82) is 0 Å². The molecule has 25 heavy (non-hydrogen) atoms. The number of hydrogen-bond acceptors (Lipinski definition) is 1. The molecular weight excluding hydrogens is 304 g/mol. The van der Waals surface area contributed by atoms with Crippen molar-refractivity contribution in [3.05, 3.63) is 0 Å². The summed E-state index contributed by atoms with van der Waals surface area (Å²) >= 11 is 0. The van der Waals surface area contributed by atoms with Gasteiger partial charge in [-0.05, 0) is 93.8 Å². The molecule has 1 heteroatoms. The highest BCUT2D eigenvalue weighted by atomic mass is 16.5. The number of ether oxygens (including phenoxy) is 1. The van der Waals surface area contributed by atoms with Gasteiger partial charge < -0.3 is 4.74 Å². The van der Waals surface area contributed by atoms with Gasteiger partial charge in [0.25, 0.3) is 0 Å². The third kappa shape index (κ3) is 5.72. The molecule has 0 N–H and O–H groups in total. The summed E-state index contributed by atoms with van der Waals surface area (Å²) in [6.07, 6.45) is 22.6. The van der Waals surface area contributed by atoms with E-state index in [-0.39, 0.29) is 0 Å². The van der Waals surface area contributed by atoms with E-state index >= 15 is 0 Å². The van der Waals surface area contributed by atoms with Gasteiger partial charge in [0.1, 0.15) is 0 Å². The average Bonchev–Trinajstić information content (AvgIpc) is 2.68. The molecule has 0 aliphatic heterocycles. The standard InChI is InChI=1S/C24H44O/c1-3-6-19-9-11-20(12-10-19)21-13-15-22(16-14-21)23-7-5-8-24(18-23)25-17-4-2/h19-24H,3-18H2,1-2H3/t19-,20-,21?,22?,23-,24+/m0/s1. The van der Waals surface area contributed by atoms with Gasteiger partial charge in [-0.2, -0.15) is 0 Å². The van der Waals surface area contributed by atoms with Gasteiger partial charge in [-0.15, -0.1) is 0 Å². The monoisotopic (exact) mass is 348 g/mol. The van der Waals surface area contributed by atoms with Gasteiger partial charge in [-0.3, -0.25) is 0 Å². The zero-order valence-electron chi connectivity index (χ0n) is 17.2. The first-order chi connectivity index (χ1) is 12.3. The van der Waals surface area contributed by atoms with Gasteiger partial charge >= 0.3 is 0 Å². The molecule has 3 rings (SSSR count). The van der Waals surface area contributed by atoms with E-state index in [0.29, 0.717) is 6.10 Å². The van der Waals surface area contributed by atoms with E-state index in [2.05, 4.69) is 13.8 Å². The predicted octanol–water partition coefficient (Wildman–Crippen LogP) is 7.38. The lowest BCUT2D eigenvalue weighted by molar-refractivity contribution is -0.00367. The highest BCUT2D eigenvalue weighted by Gasteiger charge is 2.35. The van der Waals surface area contributed by atoms with Crippen molar-refractivity contribution in [2.45, 2.75) is 116 Å². The maximum Gasteiger partial charge on any atom is 0.0577 e. The van der Waals surface area contributed by atoms with Crippen LogP contribution in [0.4, 0.5) is 0 Å². The molecule has 3 aliphatic rings. The second kappa shape index (κ2) is 10.3. The van der Waals surface area contributed by atoms with Crippen LogP contribution >= 0.6 is 0 Å². The summed E-state index contributed by atoms with van der Waals surface area (Å²) in [5, 5.41) is 0. The van der Waals surface area contributed by atoms with Gasteiger partial charge in [0, 0.05) is 6.61 Å². The van der Waals surface area contributed by atoms with E-state index < -0.39 is 0 Å². The van der Waals surface area contributed by atoms with Crippen LogP contribution in [-0.2, 0) is 4.74 Å². The van der Waals surface area contributed by atoms with Crippen molar-refractivity contribution in [3.8, 4) is 0 Å². The van der Waals surface area contributed by atoms with Gasteiger partial charge in [-0.25, -0.2) is 0 Å². The Balaban J connectivity index is 1.38. The maximum atomic E-state index is 6.10. The van der Waals surface area contributed by atoms with Gasteiger partial charge in [0.15, 0.2) is 0 Å². The predicted molar refractivity (Wildman–Crippen MR) is 108 cm³/mol. The Morgan fingerprint density at radius 1 is 0.640 bits per heavy atom. The van der Waals surface area contributed by atoms with E-state index in [0.717, 1.165) is 36.2 Å². The molecule has 3 fully saturated rings. The molecule has 0 spiro atoms. The fourth-order valence-electron chi connectivity index (χ4n) is 6.49. The van der Waals surface area contributed by atoms with Gasteiger partial charge in [0.2, 0.25) is 0 Å².